The van der Waals surface area contributed by atoms with Gasteiger partial charge in [0.05, 0.1) is 5.56 Å². The van der Waals surface area contributed by atoms with Gasteiger partial charge in [-0.15, -0.1) is 11.3 Å². The molecule has 2 N–H and O–H groups in total. The van der Waals surface area contributed by atoms with Gasteiger partial charge in [0.15, 0.2) is 0 Å². The van der Waals surface area contributed by atoms with Crippen LogP contribution >= 0.6 is 11.3 Å². The van der Waals surface area contributed by atoms with Gasteiger partial charge >= 0.3 is 0 Å². The number of hydrogen-bond donors (Lipinski definition) is 2. The normalized spacial score (nSPS) is 10.4. The van der Waals surface area contributed by atoms with Crippen molar-refractivity contribution in [1.82, 2.24) is 0 Å². The molecule has 0 bridgehead atoms. The lowest BCUT2D eigenvalue weighted by Crippen LogP contribution is -2.17. The van der Waals surface area contributed by atoms with E-state index in [1.165, 1.54) is 35.6 Å². The average Bonchev–Trinajstić information content (AvgIpc) is 2.91. The zero-order valence-electron chi connectivity index (χ0n) is 14.3. The SMILES string of the molecule is Cc1sc(NC(=O)c2ccccc2)c(C(=O)Nc2ccc(F)cc2)c1C. The van der Waals surface area contributed by atoms with Crippen LogP contribution in [0.1, 0.15) is 31.2 Å². The Labute approximate surface area is 154 Å². The monoisotopic (exact) mass is 368 g/mol. The van der Waals surface area contributed by atoms with Crippen LogP contribution in [0.5, 0.6) is 0 Å². The Hall–Kier alpha value is -2.99. The molecule has 26 heavy (non-hydrogen) atoms. The van der Waals surface area contributed by atoms with Crippen LogP contribution in [0, 0.1) is 19.7 Å². The minimum atomic E-state index is -0.374. The number of aryl methyl sites for hydroxylation is 1. The summed E-state index contributed by atoms with van der Waals surface area (Å²) in [7, 11) is 0. The van der Waals surface area contributed by atoms with E-state index in [0.717, 1.165) is 10.4 Å². The summed E-state index contributed by atoms with van der Waals surface area (Å²) in [4.78, 5) is 26.1. The minimum Gasteiger partial charge on any atom is -0.322 e. The smallest absolute Gasteiger partial charge is 0.258 e. The molecule has 0 unspecified atom stereocenters. The number of carbonyl (C=O) groups excluding carboxylic acids is 2. The van der Waals surface area contributed by atoms with Crippen LogP contribution in [0.2, 0.25) is 0 Å². The molecule has 0 fully saturated rings. The molecule has 0 aliphatic carbocycles. The van der Waals surface area contributed by atoms with Gasteiger partial charge in [0.2, 0.25) is 0 Å². The Morgan fingerprint density at radius 3 is 2.19 bits per heavy atom. The van der Waals surface area contributed by atoms with Gasteiger partial charge < -0.3 is 10.6 Å². The summed E-state index contributed by atoms with van der Waals surface area (Å²) in [5.74, 6) is -0.995. The van der Waals surface area contributed by atoms with Crippen LogP contribution in [-0.4, -0.2) is 11.8 Å². The number of benzene rings is 2. The van der Waals surface area contributed by atoms with Crippen molar-refractivity contribution < 1.29 is 14.0 Å². The molecule has 3 rings (SSSR count). The van der Waals surface area contributed by atoms with E-state index in [0.29, 0.717) is 21.8 Å². The summed E-state index contributed by atoms with van der Waals surface area (Å²) >= 11 is 1.35. The quantitative estimate of drug-likeness (QED) is 0.680. The molecule has 2 aromatic carbocycles. The number of hydrogen-bond acceptors (Lipinski definition) is 3. The van der Waals surface area contributed by atoms with Gasteiger partial charge in [0.1, 0.15) is 10.8 Å². The summed E-state index contributed by atoms with van der Waals surface area (Å²) < 4.78 is 13.0. The zero-order valence-corrected chi connectivity index (χ0v) is 15.1. The number of carbonyl (C=O) groups is 2. The first-order valence-electron chi connectivity index (χ1n) is 7.99. The summed E-state index contributed by atoms with van der Waals surface area (Å²) in [6, 6.07) is 14.3. The van der Waals surface area contributed by atoms with Crippen LogP contribution < -0.4 is 10.6 Å². The number of halogens is 1. The number of nitrogens with one attached hydrogen (secondary N) is 2. The van der Waals surface area contributed by atoms with Crippen molar-refractivity contribution in [3.05, 3.63) is 82.0 Å². The maximum absolute atomic E-state index is 13.0. The molecule has 0 spiro atoms. The summed E-state index contributed by atoms with van der Waals surface area (Å²) in [5, 5.41) is 6.06. The fraction of sp³-hybridized carbons (Fsp3) is 0.100. The topological polar surface area (TPSA) is 58.2 Å². The molecule has 0 radical (unpaired) electrons. The molecule has 1 heterocycles. The lowest BCUT2D eigenvalue weighted by atomic mass is 10.1. The van der Waals surface area contributed by atoms with E-state index in [9.17, 15) is 14.0 Å². The highest BCUT2D eigenvalue weighted by Gasteiger charge is 2.21. The van der Waals surface area contributed by atoms with E-state index in [-0.39, 0.29) is 17.6 Å². The van der Waals surface area contributed by atoms with Crippen LogP contribution in [0.3, 0.4) is 0 Å². The molecular formula is C20H17FN2O2S. The molecule has 1 aromatic heterocycles. The number of rotatable bonds is 4. The highest BCUT2D eigenvalue weighted by atomic mass is 32.1. The predicted molar refractivity (Wildman–Crippen MR) is 103 cm³/mol. The van der Waals surface area contributed by atoms with Crippen molar-refractivity contribution in [3.63, 3.8) is 0 Å². The first-order valence-corrected chi connectivity index (χ1v) is 8.80. The second-order valence-corrected chi connectivity index (χ2v) is 6.99. The first kappa shape index (κ1) is 17.8. The van der Waals surface area contributed by atoms with E-state index in [1.54, 1.807) is 24.3 Å². The fourth-order valence-electron chi connectivity index (χ4n) is 2.48. The van der Waals surface area contributed by atoms with Gasteiger partial charge in [-0.1, -0.05) is 18.2 Å². The highest BCUT2D eigenvalue weighted by Crippen LogP contribution is 2.33. The Morgan fingerprint density at radius 1 is 0.885 bits per heavy atom. The Kier molecular flexibility index (Phi) is 5.14. The predicted octanol–water partition coefficient (Wildman–Crippen LogP) is 5.01. The second-order valence-electron chi connectivity index (χ2n) is 5.77. The van der Waals surface area contributed by atoms with E-state index < -0.39 is 0 Å². The minimum absolute atomic E-state index is 0.275. The van der Waals surface area contributed by atoms with E-state index >= 15 is 0 Å². The third-order valence-electron chi connectivity index (χ3n) is 3.98. The Bertz CT molecular complexity index is 950. The standard InChI is InChI=1S/C20H17FN2O2S/c1-12-13(2)26-20(23-18(24)14-6-4-3-5-7-14)17(12)19(25)22-16-10-8-15(21)9-11-16/h3-11H,1-2H3,(H,22,25)(H,23,24). The fourth-order valence-corrected chi connectivity index (χ4v) is 3.53. The Morgan fingerprint density at radius 2 is 1.54 bits per heavy atom. The van der Waals surface area contributed by atoms with Gasteiger partial charge in [-0.25, -0.2) is 4.39 Å². The number of anilines is 2. The summed E-state index contributed by atoms with van der Waals surface area (Å²) in [6.45, 7) is 3.73. The van der Waals surface area contributed by atoms with E-state index in [4.69, 9.17) is 0 Å². The third kappa shape index (κ3) is 3.81. The van der Waals surface area contributed by atoms with E-state index in [1.807, 2.05) is 19.9 Å². The lowest BCUT2D eigenvalue weighted by Gasteiger charge is -2.09. The van der Waals surface area contributed by atoms with E-state index in [2.05, 4.69) is 10.6 Å². The Balaban J connectivity index is 1.86. The van der Waals surface area contributed by atoms with Crippen molar-refractivity contribution in [3.8, 4) is 0 Å². The maximum atomic E-state index is 13.0. The molecule has 6 heteroatoms. The average molecular weight is 368 g/mol. The van der Waals surface area contributed by atoms with Crippen LogP contribution in [0.4, 0.5) is 15.1 Å². The van der Waals surface area contributed by atoms with Crippen LogP contribution in [0.25, 0.3) is 0 Å². The van der Waals surface area contributed by atoms with Crippen molar-refractivity contribution >= 4 is 33.8 Å². The summed E-state index contributed by atoms with van der Waals surface area (Å²) in [5.41, 5.74) is 2.22. The molecule has 0 saturated carbocycles. The van der Waals surface area contributed by atoms with Gasteiger partial charge in [0.25, 0.3) is 11.8 Å². The molecule has 0 aliphatic heterocycles. The van der Waals surface area contributed by atoms with Crippen molar-refractivity contribution in [2.24, 2.45) is 0 Å². The second kappa shape index (κ2) is 7.49. The lowest BCUT2D eigenvalue weighted by molar-refractivity contribution is 0.102. The third-order valence-corrected chi connectivity index (χ3v) is 5.10. The van der Waals surface area contributed by atoms with Gasteiger partial charge in [-0.3, -0.25) is 9.59 Å². The molecule has 0 aliphatic rings. The largest absolute Gasteiger partial charge is 0.322 e. The molecule has 132 valence electrons. The molecule has 2 amide bonds. The molecular weight excluding hydrogens is 351 g/mol. The summed E-state index contributed by atoms with van der Waals surface area (Å²) in [6.07, 6.45) is 0. The molecule has 0 atom stereocenters. The zero-order chi connectivity index (χ0) is 18.7. The van der Waals surface area contributed by atoms with Gasteiger partial charge in [-0.05, 0) is 55.8 Å². The van der Waals surface area contributed by atoms with Crippen molar-refractivity contribution in [2.75, 3.05) is 10.6 Å². The first-order chi connectivity index (χ1) is 12.5. The number of thiophene rings is 1. The molecule has 3 aromatic rings. The van der Waals surface area contributed by atoms with Gasteiger partial charge in [0, 0.05) is 16.1 Å². The van der Waals surface area contributed by atoms with Crippen LogP contribution in [0.15, 0.2) is 54.6 Å². The molecule has 4 nitrogen and oxygen atoms in total. The molecule has 0 saturated heterocycles. The van der Waals surface area contributed by atoms with Crippen molar-refractivity contribution in [2.45, 2.75) is 13.8 Å². The van der Waals surface area contributed by atoms with Gasteiger partial charge in [-0.2, -0.15) is 0 Å². The maximum Gasteiger partial charge on any atom is 0.258 e. The number of amides is 2. The highest BCUT2D eigenvalue weighted by molar-refractivity contribution is 7.16. The van der Waals surface area contributed by atoms with Crippen molar-refractivity contribution in [1.29, 1.82) is 0 Å². The van der Waals surface area contributed by atoms with Crippen LogP contribution in [-0.2, 0) is 0 Å².